The Morgan fingerprint density at radius 1 is 0.895 bits per heavy atom. The lowest BCUT2D eigenvalue weighted by Crippen LogP contribution is -2.09. The first kappa shape index (κ1) is 19.2. The number of hydrogen-bond acceptors (Lipinski definition) is 2. The normalized spacial score (nSPS) is 16.3. The van der Waals surface area contributed by atoms with Crippen molar-refractivity contribution in [1.82, 2.24) is 0 Å². The van der Waals surface area contributed by atoms with Crippen LogP contribution in [0.5, 0.6) is 0 Å². The molecule has 0 aromatic heterocycles. The van der Waals surface area contributed by atoms with Crippen LogP contribution in [0.15, 0.2) is 0 Å². The van der Waals surface area contributed by atoms with E-state index in [1.807, 2.05) is 0 Å². The van der Waals surface area contributed by atoms with E-state index in [0.717, 1.165) is 44.3 Å². The highest BCUT2D eigenvalue weighted by Crippen LogP contribution is 2.21. The molecule has 0 bridgehead atoms. The highest BCUT2D eigenvalue weighted by Gasteiger charge is 2.11. The third kappa shape index (κ3) is 14.4. The van der Waals surface area contributed by atoms with Gasteiger partial charge < -0.3 is 9.47 Å². The van der Waals surface area contributed by atoms with Gasteiger partial charge in [0, 0.05) is 18.6 Å². The Kier molecular flexibility index (Phi) is 13.4. The van der Waals surface area contributed by atoms with E-state index < -0.39 is 0 Å². The van der Waals surface area contributed by atoms with Crippen LogP contribution in [-0.4, -0.2) is 25.4 Å². The molecule has 0 heterocycles. The van der Waals surface area contributed by atoms with Gasteiger partial charge in [-0.25, -0.2) is 0 Å². The summed E-state index contributed by atoms with van der Waals surface area (Å²) in [7, 11) is 0. The minimum Gasteiger partial charge on any atom is -0.355 e. The second kappa shape index (κ2) is 13.2. The molecule has 0 N–H and O–H groups in total. The van der Waals surface area contributed by atoms with Crippen LogP contribution in [-0.2, 0) is 9.47 Å². The number of unbranched alkanes of at least 4 members (excludes halogenated alkanes) is 1. The molecule has 0 rings (SSSR count). The summed E-state index contributed by atoms with van der Waals surface area (Å²) in [5, 5.41) is 0.297. The van der Waals surface area contributed by atoms with Gasteiger partial charge >= 0.3 is 0 Å². The third-order valence-corrected chi connectivity index (χ3v) is 3.50. The maximum absolute atomic E-state index is 6.02. The molecule has 0 fully saturated rings. The second-order valence-electron chi connectivity index (χ2n) is 5.89. The molecule has 0 radical (unpaired) electrons. The van der Waals surface area contributed by atoms with Gasteiger partial charge in [0.05, 0.1) is 0 Å². The molecule has 0 aliphatic carbocycles. The number of ether oxygens (including phenoxy) is 2. The van der Waals surface area contributed by atoms with Crippen LogP contribution < -0.4 is 0 Å². The Morgan fingerprint density at radius 2 is 1.53 bits per heavy atom. The summed E-state index contributed by atoms with van der Waals surface area (Å²) in [5.74, 6) is 1.48. The summed E-state index contributed by atoms with van der Waals surface area (Å²) in [6.07, 6.45) is 7.04. The van der Waals surface area contributed by atoms with Crippen molar-refractivity contribution in [2.45, 2.75) is 71.6 Å². The molecule has 0 aromatic rings. The standard InChI is InChI=1S/C16H33ClO2/c1-5-6-9-18-13-19-10-7-8-14(2)11-15(3)12-16(4)17/h14-16H,5-13H2,1-4H3. The van der Waals surface area contributed by atoms with E-state index in [1.165, 1.54) is 19.3 Å². The molecule has 3 atom stereocenters. The van der Waals surface area contributed by atoms with Gasteiger partial charge in [0.2, 0.25) is 0 Å². The zero-order valence-corrected chi connectivity index (χ0v) is 14.0. The Morgan fingerprint density at radius 3 is 2.11 bits per heavy atom. The molecular formula is C16H33ClO2. The summed E-state index contributed by atoms with van der Waals surface area (Å²) in [5.41, 5.74) is 0. The zero-order chi connectivity index (χ0) is 14.5. The summed E-state index contributed by atoms with van der Waals surface area (Å²) in [6, 6.07) is 0. The fourth-order valence-electron chi connectivity index (χ4n) is 2.41. The molecule has 0 saturated carbocycles. The fourth-order valence-corrected chi connectivity index (χ4v) is 2.72. The molecule has 3 unspecified atom stereocenters. The van der Waals surface area contributed by atoms with Gasteiger partial charge in [-0.3, -0.25) is 0 Å². The quantitative estimate of drug-likeness (QED) is 0.263. The van der Waals surface area contributed by atoms with Gasteiger partial charge in [-0.15, -0.1) is 11.6 Å². The number of halogens is 1. The van der Waals surface area contributed by atoms with Crippen molar-refractivity contribution >= 4 is 11.6 Å². The predicted molar refractivity (Wildman–Crippen MR) is 83.8 cm³/mol. The van der Waals surface area contributed by atoms with Crippen molar-refractivity contribution in [3.05, 3.63) is 0 Å². The van der Waals surface area contributed by atoms with E-state index in [1.54, 1.807) is 0 Å². The lowest BCUT2D eigenvalue weighted by atomic mass is 9.91. The van der Waals surface area contributed by atoms with E-state index in [-0.39, 0.29) is 0 Å². The van der Waals surface area contributed by atoms with Crippen molar-refractivity contribution in [2.75, 3.05) is 20.0 Å². The van der Waals surface area contributed by atoms with E-state index in [4.69, 9.17) is 21.1 Å². The number of hydrogen-bond donors (Lipinski definition) is 0. The molecule has 0 saturated heterocycles. The zero-order valence-electron chi connectivity index (χ0n) is 13.3. The predicted octanol–water partition coefficient (Wildman–Crippen LogP) is 5.24. The van der Waals surface area contributed by atoms with Gasteiger partial charge in [0.1, 0.15) is 6.79 Å². The molecule has 0 aliphatic heterocycles. The average molecular weight is 293 g/mol. The second-order valence-corrected chi connectivity index (χ2v) is 6.64. The van der Waals surface area contributed by atoms with Crippen molar-refractivity contribution in [2.24, 2.45) is 11.8 Å². The SMILES string of the molecule is CCCCOCOCCCC(C)CC(C)CC(C)Cl. The minimum atomic E-state index is 0.297. The van der Waals surface area contributed by atoms with E-state index in [9.17, 15) is 0 Å². The van der Waals surface area contributed by atoms with Crippen LogP contribution in [0.2, 0.25) is 0 Å². The molecule has 0 aromatic carbocycles. The lowest BCUT2D eigenvalue weighted by molar-refractivity contribution is -0.0558. The first-order valence-corrected chi connectivity index (χ1v) is 8.29. The van der Waals surface area contributed by atoms with Crippen molar-refractivity contribution in [3.63, 3.8) is 0 Å². The van der Waals surface area contributed by atoms with Crippen molar-refractivity contribution in [3.8, 4) is 0 Å². The third-order valence-electron chi connectivity index (χ3n) is 3.33. The van der Waals surface area contributed by atoms with Gasteiger partial charge in [0.25, 0.3) is 0 Å². The summed E-state index contributed by atoms with van der Waals surface area (Å²) in [4.78, 5) is 0. The molecule has 2 nitrogen and oxygen atoms in total. The van der Waals surface area contributed by atoms with Gasteiger partial charge in [-0.2, -0.15) is 0 Å². The van der Waals surface area contributed by atoms with E-state index in [2.05, 4.69) is 27.7 Å². The smallest absolute Gasteiger partial charge is 0.146 e. The molecule has 19 heavy (non-hydrogen) atoms. The van der Waals surface area contributed by atoms with E-state index >= 15 is 0 Å². The van der Waals surface area contributed by atoms with Crippen molar-refractivity contribution in [1.29, 1.82) is 0 Å². The van der Waals surface area contributed by atoms with Crippen LogP contribution in [0.4, 0.5) is 0 Å². The Hall–Kier alpha value is 0.210. The maximum Gasteiger partial charge on any atom is 0.146 e. The van der Waals surface area contributed by atoms with E-state index in [0.29, 0.717) is 12.2 Å². The van der Waals surface area contributed by atoms with Crippen LogP contribution >= 0.6 is 11.6 Å². The van der Waals surface area contributed by atoms with Gasteiger partial charge in [0.15, 0.2) is 0 Å². The maximum atomic E-state index is 6.02. The number of alkyl halides is 1. The molecule has 116 valence electrons. The first-order chi connectivity index (χ1) is 9.06. The van der Waals surface area contributed by atoms with Gasteiger partial charge in [-0.05, 0) is 50.9 Å². The van der Waals surface area contributed by atoms with Gasteiger partial charge in [-0.1, -0.05) is 27.2 Å². The summed E-state index contributed by atoms with van der Waals surface area (Å²) < 4.78 is 10.8. The molecule has 0 spiro atoms. The van der Waals surface area contributed by atoms with Crippen LogP contribution in [0.1, 0.15) is 66.2 Å². The Labute approximate surface area is 125 Å². The summed E-state index contributed by atoms with van der Waals surface area (Å²) >= 11 is 6.02. The monoisotopic (exact) mass is 292 g/mol. The Bertz CT molecular complexity index is 186. The highest BCUT2D eigenvalue weighted by atomic mass is 35.5. The number of rotatable bonds is 13. The minimum absolute atomic E-state index is 0.297. The highest BCUT2D eigenvalue weighted by molar-refractivity contribution is 6.20. The summed E-state index contributed by atoms with van der Waals surface area (Å²) in [6.45, 7) is 11.0. The van der Waals surface area contributed by atoms with Crippen molar-refractivity contribution < 1.29 is 9.47 Å². The average Bonchev–Trinajstić information content (AvgIpc) is 2.31. The Balaban J connectivity index is 3.31. The van der Waals surface area contributed by atoms with Crippen LogP contribution in [0, 0.1) is 11.8 Å². The van der Waals surface area contributed by atoms with Crippen LogP contribution in [0.3, 0.4) is 0 Å². The first-order valence-electron chi connectivity index (χ1n) is 7.85. The fraction of sp³-hybridized carbons (Fsp3) is 1.00. The molecule has 0 amide bonds. The molecule has 0 aliphatic rings. The van der Waals surface area contributed by atoms with Crippen LogP contribution in [0.25, 0.3) is 0 Å². The topological polar surface area (TPSA) is 18.5 Å². The lowest BCUT2D eigenvalue weighted by Gasteiger charge is -2.18. The molecule has 3 heteroatoms. The molecular weight excluding hydrogens is 260 g/mol. The largest absolute Gasteiger partial charge is 0.355 e.